The largest absolute Gasteiger partial charge is 0.379 e. The minimum atomic E-state index is -0.274. The summed E-state index contributed by atoms with van der Waals surface area (Å²) in [6.45, 7) is 18.6. The van der Waals surface area contributed by atoms with E-state index in [9.17, 15) is 4.79 Å². The summed E-state index contributed by atoms with van der Waals surface area (Å²) in [6.07, 6.45) is 16.5. The average Bonchev–Trinajstić information content (AvgIpc) is 1.63. The Hall–Kier alpha value is -11.5. The molecule has 0 saturated carbocycles. The molecule has 0 spiro atoms. The number of morpholine rings is 2. The van der Waals surface area contributed by atoms with Crippen molar-refractivity contribution in [1.29, 1.82) is 0 Å². The molecular formula is C99H95Cl4N17O3. The van der Waals surface area contributed by atoms with Crippen molar-refractivity contribution in [2.75, 3.05) is 91.9 Å². The summed E-state index contributed by atoms with van der Waals surface area (Å²) in [5.41, 5.74) is 33.4. The van der Waals surface area contributed by atoms with Crippen molar-refractivity contribution in [2.24, 2.45) is 5.73 Å². The number of amides is 1. The fourth-order valence-corrected chi connectivity index (χ4v) is 17.6. The third-order valence-corrected chi connectivity index (χ3v) is 24.6. The number of primary amides is 1. The van der Waals surface area contributed by atoms with E-state index in [4.69, 9.17) is 81.5 Å². The Balaban J connectivity index is 0.000000112. The predicted molar refractivity (Wildman–Crippen MR) is 493 cm³/mol. The van der Waals surface area contributed by atoms with E-state index in [1.807, 2.05) is 89.6 Å². The number of pyridine rings is 4. The van der Waals surface area contributed by atoms with E-state index in [0.717, 1.165) is 236 Å². The van der Waals surface area contributed by atoms with Gasteiger partial charge in [0.15, 0.2) is 0 Å². The van der Waals surface area contributed by atoms with Crippen LogP contribution in [0.1, 0.15) is 59.0 Å². The molecule has 1 aliphatic carbocycles. The predicted octanol–water partition coefficient (Wildman–Crippen LogP) is 19.4. The summed E-state index contributed by atoms with van der Waals surface area (Å²) in [6, 6.07) is 78.1. The molecule has 16 aromatic rings. The normalized spacial score (nSPS) is 15.5. The zero-order chi connectivity index (χ0) is 83.7. The lowest BCUT2D eigenvalue weighted by molar-refractivity contribution is -0.119. The van der Waals surface area contributed by atoms with Crippen molar-refractivity contribution in [1.82, 2.24) is 76.8 Å². The Morgan fingerprint density at radius 2 is 0.748 bits per heavy atom. The van der Waals surface area contributed by atoms with Crippen molar-refractivity contribution in [2.45, 2.75) is 65.5 Å². The van der Waals surface area contributed by atoms with Crippen molar-refractivity contribution in [3.05, 3.63) is 328 Å². The molecule has 622 valence electrons. The molecule has 7 aromatic carbocycles. The second-order valence-corrected chi connectivity index (χ2v) is 33.6. The van der Waals surface area contributed by atoms with Gasteiger partial charge < -0.3 is 32.8 Å². The first-order valence-electron chi connectivity index (χ1n) is 42.1. The van der Waals surface area contributed by atoms with Gasteiger partial charge in [-0.25, -0.2) is 29.6 Å². The number of nitrogens with two attached hydrogens (primary N) is 1. The van der Waals surface area contributed by atoms with E-state index in [1.54, 1.807) is 6.33 Å². The molecule has 123 heavy (non-hydrogen) atoms. The second-order valence-electron chi connectivity index (χ2n) is 31.8. The number of halogens is 4. The summed E-state index contributed by atoms with van der Waals surface area (Å²) in [7, 11) is 0. The summed E-state index contributed by atoms with van der Waals surface area (Å²) in [5.74, 6) is 0.729. The second kappa shape index (κ2) is 38.1. The van der Waals surface area contributed by atoms with Crippen LogP contribution >= 0.6 is 46.4 Å². The maximum absolute atomic E-state index is 11.3. The monoisotopic (exact) mass is 1710 g/mol. The van der Waals surface area contributed by atoms with E-state index < -0.39 is 0 Å². The SMILES string of the molecule is Cc1cc2nc(-c3ccc(Cl)cc3)c(CN3CCOCC3)n2cc1-c1ccccc1.Clc1ccc(-c2nc3ccc(-c4ccccc4)cn3c2CN2CCn3ncnc3C2)cc1.Clc1ccc(-c2nc3ccc(C4=CCCC4)cn3c2CN2CCOCC2)cc1.NC(=O)CN1CCN(Cc2c(-c3ccc(Cl)cc3)nc3ccc(-c4ccccc4)cn23)CC1. The van der Waals surface area contributed by atoms with Gasteiger partial charge in [-0.1, -0.05) is 192 Å². The van der Waals surface area contributed by atoms with Crippen LogP contribution in [0.15, 0.2) is 268 Å². The fraction of sp³-hybridized carbons (Fsp3) is 0.242. The number of rotatable bonds is 18. The van der Waals surface area contributed by atoms with Gasteiger partial charge in [-0.2, -0.15) is 5.10 Å². The van der Waals surface area contributed by atoms with Crippen LogP contribution < -0.4 is 5.73 Å². The molecule has 1 amide bonds. The first-order valence-corrected chi connectivity index (χ1v) is 43.7. The highest BCUT2D eigenvalue weighted by Crippen LogP contribution is 2.37. The number of ether oxygens (including phenoxy) is 2. The van der Waals surface area contributed by atoms with E-state index in [1.165, 1.54) is 69.6 Å². The van der Waals surface area contributed by atoms with Gasteiger partial charge in [-0.05, 0) is 162 Å². The molecule has 9 aromatic heterocycles. The Morgan fingerprint density at radius 1 is 0.382 bits per heavy atom. The van der Waals surface area contributed by atoms with Crippen LogP contribution in [-0.2, 0) is 53.5 Å². The van der Waals surface area contributed by atoms with Crippen LogP contribution in [0.5, 0.6) is 0 Å². The number of fused-ring (bicyclic) bond motifs is 5. The quantitative estimate of drug-likeness (QED) is 0.0858. The first-order chi connectivity index (χ1) is 60.3. The minimum absolute atomic E-state index is 0.274. The van der Waals surface area contributed by atoms with Crippen LogP contribution in [0, 0.1) is 6.92 Å². The maximum Gasteiger partial charge on any atom is 0.231 e. The van der Waals surface area contributed by atoms with Crippen molar-refractivity contribution in [3.8, 4) is 78.4 Å². The molecule has 5 aliphatic rings. The van der Waals surface area contributed by atoms with Gasteiger partial charge in [0.1, 0.15) is 34.7 Å². The standard InChI is InChI=1S/C26H26ClN5O.C25H21ClN6.C25H24ClN3O.C23H24ClN3O/c27-22-9-6-20(7-10-22)26-23(17-30-12-14-31(15-13-30)18-24(28)33)32-16-21(8-11-25(32)29-26)19-4-2-1-3-5-19;26-21-9-6-19(7-10-21)25-22(15-30-12-13-32-24(16-30)27-17-28-32)31-14-20(8-11-23(31)29-25)18-4-2-1-3-5-18;1-18-15-24-27-25(20-7-9-21(26)10-8-20)23(17-28-11-13-30-14-12-28)29(24)16-22(18)19-5-3-2-4-6-19;24-20-8-5-18(6-9-20)23-21(16-26-11-13-28-14-12-26)27-15-19(7-10-22(27)25-23)17-3-1-2-4-17/h1-11,16H,12-15,17-18H2,(H2,28,33);1-11,14,17H,12-13,15-16H2;2-10,15-16H,11-14,17H2,1H3;3,5-10,15H,1-2,4,11-14,16H2. The third kappa shape index (κ3) is 19.3. The van der Waals surface area contributed by atoms with Crippen LogP contribution in [0.4, 0.5) is 0 Å². The number of aryl methyl sites for hydroxylation is 1. The molecular weight excluding hydrogens is 1620 g/mol. The molecule has 20 nitrogen and oxygen atoms in total. The number of imidazole rings is 4. The van der Waals surface area contributed by atoms with Gasteiger partial charge in [0, 0.05) is 158 Å². The van der Waals surface area contributed by atoms with Crippen molar-refractivity contribution < 1.29 is 14.3 Å². The molecule has 0 radical (unpaired) electrons. The van der Waals surface area contributed by atoms with Gasteiger partial charge >= 0.3 is 0 Å². The summed E-state index contributed by atoms with van der Waals surface area (Å²) < 4.78 is 22.1. The van der Waals surface area contributed by atoms with E-state index in [0.29, 0.717) is 11.6 Å². The average molecular weight is 1710 g/mol. The maximum atomic E-state index is 11.3. The zero-order valence-electron chi connectivity index (χ0n) is 68.6. The molecule has 3 fully saturated rings. The zero-order valence-corrected chi connectivity index (χ0v) is 71.7. The topological polar surface area (TPSA) is 178 Å². The number of hydrogen-bond acceptors (Lipinski definition) is 14. The van der Waals surface area contributed by atoms with Gasteiger partial charge in [-0.15, -0.1) is 0 Å². The van der Waals surface area contributed by atoms with Crippen molar-refractivity contribution in [3.63, 3.8) is 0 Å². The summed E-state index contributed by atoms with van der Waals surface area (Å²) >= 11 is 24.5. The molecule has 0 unspecified atom stereocenters. The van der Waals surface area contributed by atoms with Crippen LogP contribution in [0.25, 0.3) is 107 Å². The lowest BCUT2D eigenvalue weighted by Crippen LogP contribution is -2.48. The van der Waals surface area contributed by atoms with E-state index >= 15 is 0 Å². The van der Waals surface area contributed by atoms with Crippen LogP contribution in [-0.4, -0.2) is 175 Å². The molecule has 13 heterocycles. The van der Waals surface area contributed by atoms with Gasteiger partial charge in [0.05, 0.1) is 91.6 Å². The van der Waals surface area contributed by atoms with E-state index in [2.05, 4.69) is 236 Å². The molecule has 24 heteroatoms. The number of nitrogens with zero attached hydrogens (tertiary/aromatic N) is 16. The first kappa shape index (κ1) is 82.5. The molecule has 21 rings (SSSR count). The number of benzene rings is 7. The number of piperazine rings is 1. The van der Waals surface area contributed by atoms with Crippen molar-refractivity contribution >= 4 is 80.5 Å². The third-order valence-electron chi connectivity index (χ3n) is 23.6. The molecule has 0 bridgehead atoms. The van der Waals surface area contributed by atoms with Gasteiger partial charge in [0.2, 0.25) is 5.91 Å². The molecule has 4 aliphatic heterocycles. The molecule has 0 atom stereocenters. The number of hydrogen-bond donors (Lipinski definition) is 1. The number of aromatic nitrogens is 11. The number of carbonyl (C=O) groups excluding carboxylic acids is 1. The molecule has 3 saturated heterocycles. The number of allylic oxidation sites excluding steroid dienone is 2. The Morgan fingerprint density at radius 3 is 1.17 bits per heavy atom. The minimum Gasteiger partial charge on any atom is -0.379 e. The summed E-state index contributed by atoms with van der Waals surface area (Å²) in [4.78, 5) is 47.5. The lowest BCUT2D eigenvalue weighted by atomic mass is 10.0. The van der Waals surface area contributed by atoms with Crippen LogP contribution in [0.3, 0.4) is 0 Å². The lowest BCUT2D eigenvalue weighted by Gasteiger charge is -2.34. The highest BCUT2D eigenvalue weighted by molar-refractivity contribution is 6.31. The van der Waals surface area contributed by atoms with Crippen LogP contribution in [0.2, 0.25) is 20.1 Å². The summed E-state index contributed by atoms with van der Waals surface area (Å²) in [5, 5.41) is 7.22. The highest BCUT2D eigenvalue weighted by atomic mass is 35.5. The Kier molecular flexibility index (Phi) is 25.6. The highest BCUT2D eigenvalue weighted by Gasteiger charge is 2.28. The van der Waals surface area contributed by atoms with E-state index in [-0.39, 0.29) is 5.91 Å². The Bertz CT molecular complexity index is 6370. The Labute approximate surface area is 735 Å². The number of carbonyl (C=O) groups is 1. The van der Waals surface area contributed by atoms with Gasteiger partial charge in [-0.3, -0.25) is 29.3 Å². The fourth-order valence-electron chi connectivity index (χ4n) is 17.1. The van der Waals surface area contributed by atoms with Gasteiger partial charge in [0.25, 0.3) is 0 Å². The smallest absolute Gasteiger partial charge is 0.231 e. The molecule has 2 N–H and O–H groups in total.